The van der Waals surface area contributed by atoms with Crippen LogP contribution >= 0.6 is 0 Å². The molecule has 2 N–H and O–H groups in total. The maximum Gasteiger partial charge on any atom is 0.242 e. The van der Waals surface area contributed by atoms with E-state index in [9.17, 15) is 8.42 Å². The zero-order chi connectivity index (χ0) is 16.3. The van der Waals surface area contributed by atoms with Gasteiger partial charge >= 0.3 is 0 Å². The zero-order valence-electron chi connectivity index (χ0n) is 13.3. The molecule has 0 aliphatic heterocycles. The lowest BCUT2D eigenvalue weighted by molar-refractivity contribution is 0.520. The van der Waals surface area contributed by atoms with Gasteiger partial charge in [-0.3, -0.25) is 5.10 Å². The van der Waals surface area contributed by atoms with Crippen LogP contribution in [-0.2, 0) is 16.6 Å². The van der Waals surface area contributed by atoms with Crippen molar-refractivity contribution in [2.24, 2.45) is 0 Å². The molecule has 0 radical (unpaired) electrons. The number of aromatic nitrogens is 2. The summed E-state index contributed by atoms with van der Waals surface area (Å²) in [6, 6.07) is 7.09. The molecule has 1 unspecified atom stereocenters. The molecular formula is C15H22N4O2S. The van der Waals surface area contributed by atoms with Crippen LogP contribution < -0.4 is 5.32 Å². The minimum Gasteiger partial charge on any atom is -0.306 e. The lowest BCUT2D eigenvalue weighted by atomic mass is 10.1. The minimum atomic E-state index is -3.37. The van der Waals surface area contributed by atoms with Gasteiger partial charge in [-0.05, 0) is 31.5 Å². The molecule has 0 amide bonds. The van der Waals surface area contributed by atoms with E-state index in [1.807, 2.05) is 32.2 Å². The smallest absolute Gasteiger partial charge is 0.242 e. The number of hydrogen-bond donors (Lipinski definition) is 2. The van der Waals surface area contributed by atoms with E-state index >= 15 is 0 Å². The quantitative estimate of drug-likeness (QED) is 0.850. The van der Waals surface area contributed by atoms with E-state index in [0.717, 1.165) is 16.8 Å². The maximum absolute atomic E-state index is 12.0. The van der Waals surface area contributed by atoms with Gasteiger partial charge in [0.2, 0.25) is 10.0 Å². The fraction of sp³-hybridized carbons (Fsp3) is 0.400. The third kappa shape index (κ3) is 3.55. The molecule has 7 heteroatoms. The first-order valence-corrected chi connectivity index (χ1v) is 8.51. The summed E-state index contributed by atoms with van der Waals surface area (Å²) in [5.41, 5.74) is 3.21. The lowest BCUT2D eigenvalue weighted by Crippen LogP contribution is -2.22. The average molecular weight is 322 g/mol. The first kappa shape index (κ1) is 16.7. The highest BCUT2D eigenvalue weighted by atomic mass is 32.2. The van der Waals surface area contributed by atoms with Gasteiger partial charge in [-0.15, -0.1) is 0 Å². The topological polar surface area (TPSA) is 78.1 Å². The Labute approximate surface area is 131 Å². The van der Waals surface area contributed by atoms with E-state index in [0.29, 0.717) is 11.4 Å². The van der Waals surface area contributed by atoms with E-state index in [-0.39, 0.29) is 6.04 Å². The number of nitrogens with one attached hydrogen (secondary N) is 2. The molecule has 0 saturated carbocycles. The van der Waals surface area contributed by atoms with E-state index in [1.54, 1.807) is 12.1 Å². The molecule has 0 fully saturated rings. The molecule has 1 aromatic carbocycles. The third-order valence-corrected chi connectivity index (χ3v) is 5.52. The van der Waals surface area contributed by atoms with Crippen LogP contribution in [0.4, 0.5) is 0 Å². The number of aryl methyl sites for hydroxylation is 1. The number of H-pyrrole nitrogens is 1. The highest BCUT2D eigenvalue weighted by Gasteiger charge is 2.17. The molecule has 0 saturated heterocycles. The predicted octanol–water partition coefficient (Wildman–Crippen LogP) is 1.82. The van der Waals surface area contributed by atoms with Crippen LogP contribution in [0.1, 0.15) is 29.8 Å². The van der Waals surface area contributed by atoms with Crippen molar-refractivity contribution in [2.45, 2.75) is 31.3 Å². The summed E-state index contributed by atoms with van der Waals surface area (Å²) in [5, 5.41) is 10.3. The van der Waals surface area contributed by atoms with Crippen molar-refractivity contribution in [3.8, 4) is 0 Å². The number of nitrogens with zero attached hydrogens (tertiary/aromatic N) is 2. The van der Waals surface area contributed by atoms with E-state index in [4.69, 9.17) is 0 Å². The molecule has 0 bridgehead atoms. The third-order valence-electron chi connectivity index (χ3n) is 3.69. The van der Waals surface area contributed by atoms with Crippen molar-refractivity contribution in [3.63, 3.8) is 0 Å². The Hall–Kier alpha value is -1.70. The van der Waals surface area contributed by atoms with E-state index < -0.39 is 10.0 Å². The van der Waals surface area contributed by atoms with Crippen LogP contribution in [0.25, 0.3) is 0 Å². The van der Waals surface area contributed by atoms with Crippen LogP contribution in [0.5, 0.6) is 0 Å². The summed E-state index contributed by atoms with van der Waals surface area (Å²) in [5.74, 6) is 0. The van der Waals surface area contributed by atoms with Crippen molar-refractivity contribution in [1.29, 1.82) is 0 Å². The van der Waals surface area contributed by atoms with Gasteiger partial charge in [0.15, 0.2) is 0 Å². The molecule has 0 spiro atoms. The standard InChI is InChI=1S/C15H22N4O2S/c1-11(16-9-14-10-17-18-12(14)2)13-5-7-15(8-6-13)22(20,21)19(3)4/h5-8,10-11,16H,9H2,1-4H3,(H,17,18). The SMILES string of the molecule is Cc1[nH]ncc1CNC(C)c1ccc(S(=O)(=O)N(C)C)cc1. The maximum atomic E-state index is 12.0. The summed E-state index contributed by atoms with van der Waals surface area (Å²) in [7, 11) is -0.315. The monoisotopic (exact) mass is 322 g/mol. The Morgan fingerprint density at radius 2 is 1.91 bits per heavy atom. The Balaban J connectivity index is 2.05. The van der Waals surface area contributed by atoms with Gasteiger partial charge in [0.05, 0.1) is 11.1 Å². The molecule has 22 heavy (non-hydrogen) atoms. The van der Waals surface area contributed by atoms with Crippen LogP contribution in [0.2, 0.25) is 0 Å². The van der Waals surface area contributed by atoms with Crippen molar-refractivity contribution in [1.82, 2.24) is 19.8 Å². The van der Waals surface area contributed by atoms with Crippen molar-refractivity contribution in [3.05, 3.63) is 47.3 Å². The van der Waals surface area contributed by atoms with E-state index in [2.05, 4.69) is 15.5 Å². The summed E-state index contributed by atoms with van der Waals surface area (Å²) >= 11 is 0. The molecular weight excluding hydrogens is 300 g/mol. The number of sulfonamides is 1. The first-order chi connectivity index (χ1) is 10.3. The molecule has 6 nitrogen and oxygen atoms in total. The van der Waals surface area contributed by atoms with Gasteiger partial charge in [0.1, 0.15) is 0 Å². The fourth-order valence-corrected chi connectivity index (χ4v) is 2.98. The van der Waals surface area contributed by atoms with Crippen LogP contribution in [-0.4, -0.2) is 37.0 Å². The number of benzene rings is 1. The Bertz CT molecular complexity index is 720. The number of aromatic amines is 1. The fourth-order valence-electron chi connectivity index (χ4n) is 2.07. The second kappa shape index (κ2) is 6.60. The molecule has 120 valence electrons. The Morgan fingerprint density at radius 3 is 2.41 bits per heavy atom. The molecule has 0 aliphatic rings. The van der Waals surface area contributed by atoms with Crippen molar-refractivity contribution < 1.29 is 8.42 Å². The van der Waals surface area contributed by atoms with Gasteiger partial charge in [-0.1, -0.05) is 12.1 Å². The van der Waals surface area contributed by atoms with Gasteiger partial charge in [0, 0.05) is 37.9 Å². The minimum absolute atomic E-state index is 0.116. The summed E-state index contributed by atoms with van der Waals surface area (Å²) in [4.78, 5) is 0.305. The predicted molar refractivity (Wildman–Crippen MR) is 85.9 cm³/mol. The summed E-state index contributed by atoms with van der Waals surface area (Å²) in [6.07, 6.45) is 1.81. The first-order valence-electron chi connectivity index (χ1n) is 7.07. The van der Waals surface area contributed by atoms with Crippen molar-refractivity contribution in [2.75, 3.05) is 14.1 Å². The highest BCUT2D eigenvalue weighted by molar-refractivity contribution is 7.89. The largest absolute Gasteiger partial charge is 0.306 e. The molecule has 1 heterocycles. The summed E-state index contributed by atoms with van der Waals surface area (Å²) in [6.45, 7) is 4.74. The van der Waals surface area contributed by atoms with Crippen molar-refractivity contribution >= 4 is 10.0 Å². The molecule has 1 aromatic heterocycles. The van der Waals surface area contributed by atoms with Crippen LogP contribution in [0.15, 0.2) is 35.4 Å². The van der Waals surface area contributed by atoms with Gasteiger partial charge < -0.3 is 5.32 Å². The van der Waals surface area contributed by atoms with Gasteiger partial charge in [-0.2, -0.15) is 5.10 Å². The zero-order valence-corrected chi connectivity index (χ0v) is 14.1. The average Bonchev–Trinajstić information content (AvgIpc) is 2.90. The summed E-state index contributed by atoms with van der Waals surface area (Å²) < 4.78 is 25.3. The molecule has 2 aromatic rings. The Morgan fingerprint density at radius 1 is 1.27 bits per heavy atom. The Kier molecular flexibility index (Phi) is 5.00. The van der Waals surface area contributed by atoms with Crippen LogP contribution in [0, 0.1) is 6.92 Å². The number of rotatable bonds is 6. The van der Waals surface area contributed by atoms with Crippen LogP contribution in [0.3, 0.4) is 0 Å². The molecule has 0 aliphatic carbocycles. The second-order valence-corrected chi connectivity index (χ2v) is 7.63. The van der Waals surface area contributed by atoms with Gasteiger partial charge in [0.25, 0.3) is 0 Å². The molecule has 1 atom stereocenters. The lowest BCUT2D eigenvalue weighted by Gasteiger charge is -2.16. The highest BCUT2D eigenvalue weighted by Crippen LogP contribution is 2.18. The second-order valence-electron chi connectivity index (χ2n) is 5.48. The molecule has 2 rings (SSSR count). The van der Waals surface area contributed by atoms with E-state index in [1.165, 1.54) is 18.4 Å². The number of hydrogen-bond acceptors (Lipinski definition) is 4. The van der Waals surface area contributed by atoms with Gasteiger partial charge in [-0.25, -0.2) is 12.7 Å². The normalized spacial score (nSPS) is 13.5.